The zero-order valence-electron chi connectivity index (χ0n) is 9.51. The van der Waals surface area contributed by atoms with Crippen LogP contribution in [0.25, 0.3) is 0 Å². The van der Waals surface area contributed by atoms with Gasteiger partial charge in [-0.3, -0.25) is 0 Å². The molecule has 0 radical (unpaired) electrons. The standard InChI is InChI=1S/C12H11IN4O/c13-10-7-11(16-12(14)15-10)17-5-6-18-9-4-2-1-3-8(9)17/h1-4,7H,5-6H2,(H2,14,15,16). The van der Waals surface area contributed by atoms with Crippen LogP contribution in [-0.4, -0.2) is 23.1 Å². The third-order valence-corrected chi connectivity index (χ3v) is 3.26. The summed E-state index contributed by atoms with van der Waals surface area (Å²) >= 11 is 2.14. The lowest BCUT2D eigenvalue weighted by Crippen LogP contribution is -2.29. The molecule has 0 bridgehead atoms. The molecule has 0 spiro atoms. The molecular formula is C12H11IN4O. The third kappa shape index (κ3) is 2.07. The first kappa shape index (κ1) is 11.5. The van der Waals surface area contributed by atoms with Gasteiger partial charge in [0.2, 0.25) is 5.95 Å². The lowest BCUT2D eigenvalue weighted by Gasteiger charge is -2.30. The van der Waals surface area contributed by atoms with Gasteiger partial charge < -0.3 is 15.4 Å². The first-order valence-corrected chi connectivity index (χ1v) is 6.61. The Labute approximate surface area is 118 Å². The average Bonchev–Trinajstić information content (AvgIpc) is 2.37. The highest BCUT2D eigenvalue weighted by Crippen LogP contribution is 2.35. The molecule has 2 aromatic rings. The van der Waals surface area contributed by atoms with Crippen LogP contribution >= 0.6 is 22.6 Å². The third-order valence-electron chi connectivity index (χ3n) is 2.70. The maximum atomic E-state index is 5.70. The van der Waals surface area contributed by atoms with Crippen molar-refractivity contribution in [3.63, 3.8) is 0 Å². The molecule has 0 amide bonds. The summed E-state index contributed by atoms with van der Waals surface area (Å²) in [5.41, 5.74) is 6.71. The number of nitrogens with zero attached hydrogens (tertiary/aromatic N) is 3. The summed E-state index contributed by atoms with van der Waals surface area (Å²) in [6.45, 7) is 1.39. The van der Waals surface area contributed by atoms with E-state index in [-0.39, 0.29) is 0 Å². The first-order valence-electron chi connectivity index (χ1n) is 5.53. The van der Waals surface area contributed by atoms with E-state index in [1.165, 1.54) is 0 Å². The average molecular weight is 354 g/mol. The van der Waals surface area contributed by atoms with E-state index in [2.05, 4.69) is 37.5 Å². The number of anilines is 3. The Balaban J connectivity index is 2.08. The molecule has 0 unspecified atom stereocenters. The molecule has 0 atom stereocenters. The van der Waals surface area contributed by atoms with Crippen LogP contribution in [0.5, 0.6) is 5.75 Å². The topological polar surface area (TPSA) is 64.3 Å². The van der Waals surface area contributed by atoms with Gasteiger partial charge in [0.05, 0.1) is 12.2 Å². The van der Waals surface area contributed by atoms with Crippen LogP contribution in [-0.2, 0) is 0 Å². The molecule has 1 aliphatic heterocycles. The monoisotopic (exact) mass is 354 g/mol. The van der Waals surface area contributed by atoms with E-state index in [0.717, 1.165) is 27.5 Å². The summed E-state index contributed by atoms with van der Waals surface area (Å²) in [4.78, 5) is 10.5. The molecule has 0 aliphatic carbocycles. The van der Waals surface area contributed by atoms with Crippen molar-refractivity contribution in [1.82, 2.24) is 9.97 Å². The van der Waals surface area contributed by atoms with Crippen LogP contribution in [0.1, 0.15) is 0 Å². The fourth-order valence-corrected chi connectivity index (χ4v) is 2.49. The van der Waals surface area contributed by atoms with Gasteiger partial charge in [0.25, 0.3) is 0 Å². The Bertz CT molecular complexity index is 570. The molecule has 2 N–H and O–H groups in total. The van der Waals surface area contributed by atoms with Crippen molar-refractivity contribution in [2.24, 2.45) is 0 Å². The minimum Gasteiger partial charge on any atom is -0.490 e. The maximum Gasteiger partial charge on any atom is 0.222 e. The van der Waals surface area contributed by atoms with E-state index in [1.54, 1.807) is 0 Å². The van der Waals surface area contributed by atoms with E-state index in [9.17, 15) is 0 Å². The second kappa shape index (κ2) is 4.60. The van der Waals surface area contributed by atoms with Gasteiger partial charge in [-0.1, -0.05) is 12.1 Å². The van der Waals surface area contributed by atoms with E-state index < -0.39 is 0 Å². The molecule has 0 saturated carbocycles. The molecule has 6 heteroatoms. The number of fused-ring (bicyclic) bond motifs is 1. The number of para-hydroxylation sites is 2. The lowest BCUT2D eigenvalue weighted by atomic mass is 10.2. The SMILES string of the molecule is Nc1nc(I)cc(N2CCOc3ccccc32)n1. The number of nitrogen functional groups attached to an aromatic ring is 1. The lowest BCUT2D eigenvalue weighted by molar-refractivity contribution is 0.313. The smallest absolute Gasteiger partial charge is 0.222 e. The second-order valence-corrected chi connectivity index (χ2v) is 4.98. The number of aromatic nitrogens is 2. The van der Waals surface area contributed by atoms with Crippen LogP contribution in [0, 0.1) is 3.70 Å². The zero-order chi connectivity index (χ0) is 12.5. The van der Waals surface area contributed by atoms with Crippen molar-refractivity contribution in [2.75, 3.05) is 23.8 Å². The predicted octanol–water partition coefficient (Wildman–Crippen LogP) is 2.19. The molecule has 18 heavy (non-hydrogen) atoms. The Morgan fingerprint density at radius 3 is 2.94 bits per heavy atom. The van der Waals surface area contributed by atoms with Gasteiger partial charge in [-0.05, 0) is 34.7 Å². The van der Waals surface area contributed by atoms with Gasteiger partial charge >= 0.3 is 0 Å². The normalized spacial score (nSPS) is 13.9. The van der Waals surface area contributed by atoms with Crippen molar-refractivity contribution < 1.29 is 4.74 Å². The predicted molar refractivity (Wildman–Crippen MR) is 78.1 cm³/mol. The molecule has 2 heterocycles. The van der Waals surface area contributed by atoms with Gasteiger partial charge in [0.1, 0.15) is 21.9 Å². The maximum absolute atomic E-state index is 5.70. The molecule has 1 aromatic carbocycles. The van der Waals surface area contributed by atoms with Crippen molar-refractivity contribution in [2.45, 2.75) is 0 Å². The second-order valence-electron chi connectivity index (χ2n) is 3.87. The summed E-state index contributed by atoms with van der Waals surface area (Å²) in [6, 6.07) is 9.83. The molecule has 1 aliphatic rings. The van der Waals surface area contributed by atoms with Crippen molar-refractivity contribution >= 4 is 40.0 Å². The molecule has 3 rings (SSSR count). The van der Waals surface area contributed by atoms with Gasteiger partial charge in [-0.2, -0.15) is 4.98 Å². The summed E-state index contributed by atoms with van der Waals surface area (Å²) in [5, 5.41) is 0. The largest absolute Gasteiger partial charge is 0.490 e. The Morgan fingerprint density at radius 2 is 2.11 bits per heavy atom. The van der Waals surface area contributed by atoms with Crippen molar-refractivity contribution in [3.8, 4) is 5.75 Å². The van der Waals surface area contributed by atoms with Crippen LogP contribution in [0.3, 0.4) is 0 Å². The molecule has 1 aromatic heterocycles. The summed E-state index contributed by atoms with van der Waals surface area (Å²) < 4.78 is 6.45. The highest BCUT2D eigenvalue weighted by molar-refractivity contribution is 14.1. The van der Waals surface area contributed by atoms with Crippen LogP contribution < -0.4 is 15.4 Å². The summed E-state index contributed by atoms with van der Waals surface area (Å²) in [5.74, 6) is 1.97. The molecule has 92 valence electrons. The summed E-state index contributed by atoms with van der Waals surface area (Å²) in [6.07, 6.45) is 0. The van der Waals surface area contributed by atoms with Gasteiger partial charge in [-0.25, -0.2) is 4.98 Å². The summed E-state index contributed by atoms with van der Waals surface area (Å²) in [7, 11) is 0. The first-order chi connectivity index (χ1) is 8.74. The number of hydrogen-bond acceptors (Lipinski definition) is 5. The Morgan fingerprint density at radius 1 is 1.28 bits per heavy atom. The Hall–Kier alpha value is -1.57. The van der Waals surface area contributed by atoms with Crippen molar-refractivity contribution in [1.29, 1.82) is 0 Å². The minimum atomic E-state index is 0.292. The minimum absolute atomic E-state index is 0.292. The fraction of sp³-hybridized carbons (Fsp3) is 0.167. The van der Waals surface area contributed by atoms with Crippen LogP contribution in [0.15, 0.2) is 30.3 Å². The van der Waals surface area contributed by atoms with Crippen molar-refractivity contribution in [3.05, 3.63) is 34.0 Å². The number of halogens is 1. The Kier molecular flexibility index (Phi) is 2.94. The highest BCUT2D eigenvalue weighted by Gasteiger charge is 2.20. The molecule has 0 fully saturated rings. The fourth-order valence-electron chi connectivity index (χ4n) is 1.97. The van der Waals surface area contributed by atoms with Gasteiger partial charge in [0.15, 0.2) is 0 Å². The van der Waals surface area contributed by atoms with Crippen LogP contribution in [0.4, 0.5) is 17.5 Å². The van der Waals surface area contributed by atoms with E-state index in [4.69, 9.17) is 10.5 Å². The molecule has 5 nitrogen and oxygen atoms in total. The number of ether oxygens (including phenoxy) is 1. The van der Waals surface area contributed by atoms with Gasteiger partial charge in [0, 0.05) is 6.07 Å². The number of rotatable bonds is 1. The van der Waals surface area contributed by atoms with Gasteiger partial charge in [-0.15, -0.1) is 0 Å². The zero-order valence-corrected chi connectivity index (χ0v) is 11.7. The van der Waals surface area contributed by atoms with Crippen LogP contribution in [0.2, 0.25) is 0 Å². The molecular weight excluding hydrogens is 343 g/mol. The number of benzene rings is 1. The highest BCUT2D eigenvalue weighted by atomic mass is 127. The van der Waals surface area contributed by atoms with E-state index in [1.807, 2.05) is 30.3 Å². The molecule has 0 saturated heterocycles. The number of nitrogens with two attached hydrogens (primary N) is 1. The number of hydrogen-bond donors (Lipinski definition) is 1. The van der Waals surface area contributed by atoms with E-state index >= 15 is 0 Å². The van der Waals surface area contributed by atoms with E-state index in [0.29, 0.717) is 12.6 Å². The quantitative estimate of drug-likeness (QED) is 0.628.